The number of nitrogens with zero attached hydrogens (tertiary/aromatic N) is 2. The van der Waals surface area contributed by atoms with Crippen LogP contribution in [0.2, 0.25) is 0 Å². The summed E-state index contributed by atoms with van der Waals surface area (Å²) >= 11 is 3.35. The lowest BCUT2D eigenvalue weighted by molar-refractivity contribution is 0.158. The summed E-state index contributed by atoms with van der Waals surface area (Å²) in [6.45, 7) is 4.60. The minimum absolute atomic E-state index is 0.210. The molecule has 1 aromatic heterocycles. The molecular weight excluding hydrogens is 260 g/mol. The van der Waals surface area contributed by atoms with E-state index < -0.39 is 0 Å². The summed E-state index contributed by atoms with van der Waals surface area (Å²) in [5.74, 6) is 0.915. The fourth-order valence-electron chi connectivity index (χ4n) is 1.19. The third kappa shape index (κ3) is 3.64. The van der Waals surface area contributed by atoms with Crippen LogP contribution >= 0.6 is 15.9 Å². The molecule has 1 heterocycles. The van der Waals surface area contributed by atoms with Crippen LogP contribution in [0, 0.1) is 0 Å². The van der Waals surface area contributed by atoms with Crippen LogP contribution in [0.4, 0.5) is 11.8 Å². The van der Waals surface area contributed by atoms with Gasteiger partial charge in [0.2, 0.25) is 5.95 Å². The largest absolute Gasteiger partial charge is 0.382 e. The van der Waals surface area contributed by atoms with Crippen molar-refractivity contribution in [3.63, 3.8) is 0 Å². The molecule has 0 radical (unpaired) electrons. The average molecular weight is 275 g/mol. The van der Waals surface area contributed by atoms with Crippen LogP contribution in [-0.2, 0) is 4.74 Å². The first-order valence-electron chi connectivity index (χ1n) is 4.50. The van der Waals surface area contributed by atoms with Gasteiger partial charge in [0.1, 0.15) is 5.82 Å². The Morgan fingerprint density at radius 3 is 2.87 bits per heavy atom. The summed E-state index contributed by atoms with van der Waals surface area (Å²) in [5, 5.41) is 3.23. The molecule has 0 saturated carbocycles. The van der Waals surface area contributed by atoms with Crippen molar-refractivity contribution in [2.24, 2.45) is 0 Å². The molecule has 1 aromatic rings. The number of halogens is 1. The summed E-state index contributed by atoms with van der Waals surface area (Å²) in [6, 6.07) is 0. The van der Waals surface area contributed by atoms with E-state index in [0.29, 0.717) is 12.4 Å². The zero-order valence-corrected chi connectivity index (χ0v) is 10.6. The number of anilines is 2. The van der Waals surface area contributed by atoms with Crippen LogP contribution in [0.3, 0.4) is 0 Å². The Balaban J connectivity index is 2.83. The maximum absolute atomic E-state index is 5.51. The van der Waals surface area contributed by atoms with Gasteiger partial charge in [0.05, 0.1) is 16.6 Å². The van der Waals surface area contributed by atoms with E-state index >= 15 is 0 Å². The van der Waals surface area contributed by atoms with Gasteiger partial charge in [-0.25, -0.2) is 4.98 Å². The summed E-state index contributed by atoms with van der Waals surface area (Å²) in [4.78, 5) is 7.96. The molecule has 1 rings (SSSR count). The van der Waals surface area contributed by atoms with Gasteiger partial charge in [0.25, 0.3) is 0 Å². The van der Waals surface area contributed by atoms with E-state index in [2.05, 4.69) is 31.2 Å². The Kier molecular flexibility index (Phi) is 3.87. The van der Waals surface area contributed by atoms with Crippen LogP contribution in [0.5, 0.6) is 0 Å². The first kappa shape index (κ1) is 12.2. The van der Waals surface area contributed by atoms with Crippen LogP contribution < -0.4 is 11.1 Å². The molecule has 5 nitrogen and oxygen atoms in total. The van der Waals surface area contributed by atoms with Gasteiger partial charge in [-0.15, -0.1) is 0 Å². The first-order chi connectivity index (χ1) is 6.94. The third-order valence-corrected chi connectivity index (χ3v) is 2.31. The molecule has 0 atom stereocenters. The van der Waals surface area contributed by atoms with E-state index in [9.17, 15) is 0 Å². The Morgan fingerprint density at radius 2 is 2.27 bits per heavy atom. The predicted octanol–water partition coefficient (Wildman–Crippen LogP) is 1.66. The minimum Gasteiger partial charge on any atom is -0.382 e. The fraction of sp³-hybridized carbons (Fsp3) is 0.556. The van der Waals surface area contributed by atoms with Gasteiger partial charge in [-0.2, -0.15) is 4.98 Å². The molecule has 15 heavy (non-hydrogen) atoms. The molecule has 0 aromatic carbocycles. The standard InChI is InChI=1S/C9H15BrN4O/c1-9(2,5-15-3)14-7-6(10)4-12-8(11)13-7/h4H,5H2,1-3H3,(H3,11,12,13,14). The zero-order chi connectivity index (χ0) is 11.5. The SMILES string of the molecule is COCC(C)(C)Nc1nc(N)ncc1Br. The Morgan fingerprint density at radius 1 is 1.60 bits per heavy atom. The maximum atomic E-state index is 5.51. The Bertz CT molecular complexity index is 343. The molecule has 84 valence electrons. The number of hydrogen-bond acceptors (Lipinski definition) is 5. The number of rotatable bonds is 4. The smallest absolute Gasteiger partial charge is 0.221 e. The van der Waals surface area contributed by atoms with E-state index in [1.165, 1.54) is 0 Å². The molecule has 0 unspecified atom stereocenters. The molecule has 0 saturated heterocycles. The second-order valence-electron chi connectivity index (χ2n) is 3.87. The van der Waals surface area contributed by atoms with Gasteiger partial charge in [-0.1, -0.05) is 0 Å². The van der Waals surface area contributed by atoms with Crippen LogP contribution in [0.15, 0.2) is 10.7 Å². The second-order valence-corrected chi connectivity index (χ2v) is 4.72. The molecule has 0 bridgehead atoms. The third-order valence-electron chi connectivity index (χ3n) is 1.72. The topological polar surface area (TPSA) is 73.1 Å². The highest BCUT2D eigenvalue weighted by atomic mass is 79.9. The molecule has 3 N–H and O–H groups in total. The lowest BCUT2D eigenvalue weighted by atomic mass is 10.1. The van der Waals surface area contributed by atoms with Gasteiger partial charge in [-0.3, -0.25) is 0 Å². The van der Waals surface area contributed by atoms with E-state index in [1.807, 2.05) is 13.8 Å². The van der Waals surface area contributed by atoms with Gasteiger partial charge in [0.15, 0.2) is 0 Å². The van der Waals surface area contributed by atoms with E-state index in [1.54, 1.807) is 13.3 Å². The first-order valence-corrected chi connectivity index (χ1v) is 5.29. The molecule has 0 fully saturated rings. The van der Waals surface area contributed by atoms with Crippen LogP contribution in [-0.4, -0.2) is 29.2 Å². The molecule has 0 spiro atoms. The normalized spacial score (nSPS) is 11.5. The van der Waals surface area contributed by atoms with Gasteiger partial charge in [-0.05, 0) is 29.8 Å². The molecular formula is C9H15BrN4O. The number of methoxy groups -OCH3 is 1. The van der Waals surface area contributed by atoms with E-state index in [0.717, 1.165) is 4.47 Å². The molecule has 0 aliphatic rings. The summed E-state index contributed by atoms with van der Waals surface area (Å²) in [5.41, 5.74) is 5.30. The molecule has 0 aliphatic heterocycles. The van der Waals surface area contributed by atoms with E-state index in [4.69, 9.17) is 10.5 Å². The van der Waals surface area contributed by atoms with Crippen molar-refractivity contribution >= 4 is 27.7 Å². The summed E-state index contributed by atoms with van der Waals surface area (Å²) in [7, 11) is 1.66. The molecule has 0 amide bonds. The maximum Gasteiger partial charge on any atom is 0.221 e. The quantitative estimate of drug-likeness (QED) is 0.874. The number of nitrogens with two attached hydrogens (primary N) is 1. The molecule has 0 aliphatic carbocycles. The van der Waals surface area contributed by atoms with Crippen LogP contribution in [0.1, 0.15) is 13.8 Å². The average Bonchev–Trinajstić information content (AvgIpc) is 2.10. The fourth-order valence-corrected chi connectivity index (χ4v) is 1.48. The second kappa shape index (κ2) is 4.76. The van der Waals surface area contributed by atoms with Crippen molar-refractivity contribution in [2.45, 2.75) is 19.4 Å². The number of ether oxygens (including phenoxy) is 1. The summed E-state index contributed by atoms with van der Waals surface area (Å²) in [6.07, 6.45) is 1.62. The van der Waals surface area contributed by atoms with Crippen molar-refractivity contribution in [1.29, 1.82) is 0 Å². The molecule has 6 heteroatoms. The van der Waals surface area contributed by atoms with Gasteiger partial charge < -0.3 is 15.8 Å². The van der Waals surface area contributed by atoms with Crippen molar-refractivity contribution in [2.75, 3.05) is 24.8 Å². The van der Waals surface area contributed by atoms with Crippen molar-refractivity contribution in [1.82, 2.24) is 9.97 Å². The number of aromatic nitrogens is 2. The van der Waals surface area contributed by atoms with Crippen molar-refractivity contribution in [3.8, 4) is 0 Å². The van der Waals surface area contributed by atoms with Crippen molar-refractivity contribution in [3.05, 3.63) is 10.7 Å². The monoisotopic (exact) mass is 274 g/mol. The Labute approximate surface area is 97.6 Å². The summed E-state index contributed by atoms with van der Waals surface area (Å²) < 4.78 is 5.88. The minimum atomic E-state index is -0.210. The lowest BCUT2D eigenvalue weighted by Gasteiger charge is -2.26. The lowest BCUT2D eigenvalue weighted by Crippen LogP contribution is -2.36. The number of nitrogen functional groups attached to an aromatic ring is 1. The predicted molar refractivity (Wildman–Crippen MR) is 63.7 cm³/mol. The highest BCUT2D eigenvalue weighted by molar-refractivity contribution is 9.10. The highest BCUT2D eigenvalue weighted by Crippen LogP contribution is 2.22. The van der Waals surface area contributed by atoms with Crippen LogP contribution in [0.25, 0.3) is 0 Å². The zero-order valence-electron chi connectivity index (χ0n) is 9.04. The highest BCUT2D eigenvalue weighted by Gasteiger charge is 2.19. The van der Waals surface area contributed by atoms with Gasteiger partial charge >= 0.3 is 0 Å². The van der Waals surface area contributed by atoms with E-state index in [-0.39, 0.29) is 11.5 Å². The number of nitrogens with one attached hydrogen (secondary N) is 1. The van der Waals surface area contributed by atoms with Gasteiger partial charge in [0, 0.05) is 13.3 Å². The van der Waals surface area contributed by atoms with Crippen molar-refractivity contribution < 1.29 is 4.74 Å². The Hall–Kier alpha value is -0.880. The number of hydrogen-bond donors (Lipinski definition) is 2.